The van der Waals surface area contributed by atoms with Crippen molar-refractivity contribution in [1.82, 2.24) is 14.5 Å². The number of aromatic amines is 1. The molecule has 3 heterocycles. The monoisotopic (exact) mass is 307 g/mol. The first-order chi connectivity index (χ1) is 10.7. The first-order valence-electron chi connectivity index (χ1n) is 7.11. The molecular formula is C18H14ClN3. The number of pyridine rings is 1. The summed E-state index contributed by atoms with van der Waals surface area (Å²) >= 11 is 6.08. The average Bonchev–Trinajstić information content (AvgIpc) is 3.10. The van der Waals surface area contributed by atoms with Crippen LogP contribution in [-0.2, 0) is 0 Å². The van der Waals surface area contributed by atoms with Gasteiger partial charge in [-0.3, -0.25) is 4.57 Å². The van der Waals surface area contributed by atoms with Gasteiger partial charge < -0.3 is 4.98 Å². The lowest BCUT2D eigenvalue weighted by Crippen LogP contribution is -2.01. The lowest BCUT2D eigenvalue weighted by Gasteiger charge is -2.09. The van der Waals surface area contributed by atoms with E-state index in [0.29, 0.717) is 0 Å². The molecule has 108 valence electrons. The Morgan fingerprint density at radius 2 is 1.95 bits per heavy atom. The van der Waals surface area contributed by atoms with Crippen molar-refractivity contribution in [3.63, 3.8) is 0 Å². The molecule has 0 fully saturated rings. The van der Waals surface area contributed by atoms with Crippen molar-refractivity contribution in [1.29, 1.82) is 0 Å². The van der Waals surface area contributed by atoms with Crippen LogP contribution in [-0.4, -0.2) is 14.5 Å². The summed E-state index contributed by atoms with van der Waals surface area (Å²) in [5.74, 6) is 0.914. The first kappa shape index (κ1) is 13.2. The van der Waals surface area contributed by atoms with Crippen molar-refractivity contribution in [2.45, 2.75) is 6.92 Å². The van der Waals surface area contributed by atoms with E-state index >= 15 is 0 Å². The highest BCUT2D eigenvalue weighted by molar-refractivity contribution is 6.31. The van der Waals surface area contributed by atoms with Crippen LogP contribution < -0.4 is 0 Å². The van der Waals surface area contributed by atoms with Crippen molar-refractivity contribution in [3.8, 4) is 17.2 Å². The highest BCUT2D eigenvalue weighted by Crippen LogP contribution is 2.29. The van der Waals surface area contributed by atoms with Crippen LogP contribution >= 0.6 is 11.6 Å². The van der Waals surface area contributed by atoms with E-state index in [1.165, 1.54) is 0 Å². The van der Waals surface area contributed by atoms with E-state index in [4.69, 9.17) is 11.6 Å². The number of rotatable bonds is 2. The van der Waals surface area contributed by atoms with Crippen molar-refractivity contribution >= 4 is 22.5 Å². The molecule has 0 spiro atoms. The van der Waals surface area contributed by atoms with Crippen LogP contribution in [0.15, 0.2) is 60.8 Å². The topological polar surface area (TPSA) is 33.6 Å². The summed E-state index contributed by atoms with van der Waals surface area (Å²) in [6, 6.07) is 18.1. The predicted octanol–water partition coefficient (Wildman–Crippen LogP) is 4.98. The Hall–Kier alpha value is -2.52. The van der Waals surface area contributed by atoms with Crippen LogP contribution in [0.4, 0.5) is 0 Å². The van der Waals surface area contributed by atoms with Gasteiger partial charge in [0.05, 0.1) is 11.4 Å². The lowest BCUT2D eigenvalue weighted by molar-refractivity contribution is 0.965. The van der Waals surface area contributed by atoms with Crippen LogP contribution in [0.3, 0.4) is 0 Å². The number of aromatic nitrogens is 3. The molecule has 22 heavy (non-hydrogen) atoms. The molecule has 3 nitrogen and oxygen atoms in total. The molecule has 0 aliphatic heterocycles. The van der Waals surface area contributed by atoms with Gasteiger partial charge in [-0.2, -0.15) is 0 Å². The minimum atomic E-state index is 0.745. The second-order valence-electron chi connectivity index (χ2n) is 5.30. The van der Waals surface area contributed by atoms with Crippen molar-refractivity contribution < 1.29 is 0 Å². The molecule has 0 radical (unpaired) electrons. The molecule has 0 unspecified atom stereocenters. The van der Waals surface area contributed by atoms with Gasteiger partial charge in [-0.15, -0.1) is 0 Å². The number of nitrogens with zero attached hydrogens (tertiary/aromatic N) is 2. The van der Waals surface area contributed by atoms with E-state index in [1.54, 1.807) is 0 Å². The van der Waals surface area contributed by atoms with Gasteiger partial charge >= 0.3 is 0 Å². The van der Waals surface area contributed by atoms with Crippen LogP contribution in [0.2, 0.25) is 5.02 Å². The van der Waals surface area contributed by atoms with Crippen molar-refractivity contribution in [3.05, 3.63) is 71.5 Å². The minimum Gasteiger partial charge on any atom is -0.353 e. The van der Waals surface area contributed by atoms with Gasteiger partial charge in [0, 0.05) is 27.8 Å². The summed E-state index contributed by atoms with van der Waals surface area (Å²) in [7, 11) is 0. The van der Waals surface area contributed by atoms with Gasteiger partial charge in [0.2, 0.25) is 0 Å². The van der Waals surface area contributed by atoms with Crippen LogP contribution in [0.5, 0.6) is 0 Å². The van der Waals surface area contributed by atoms with E-state index in [1.807, 2.05) is 42.6 Å². The van der Waals surface area contributed by atoms with Gasteiger partial charge in [-0.25, -0.2) is 4.98 Å². The maximum Gasteiger partial charge on any atom is 0.137 e. The highest BCUT2D eigenvalue weighted by atomic mass is 35.5. The molecule has 0 saturated heterocycles. The molecule has 4 aromatic rings. The van der Waals surface area contributed by atoms with Crippen molar-refractivity contribution in [2.24, 2.45) is 0 Å². The molecule has 4 rings (SSSR count). The number of fused-ring (bicyclic) bond motifs is 1. The number of hydrogen-bond acceptors (Lipinski definition) is 1. The molecule has 0 saturated carbocycles. The van der Waals surface area contributed by atoms with Crippen LogP contribution in [0, 0.1) is 6.92 Å². The fraction of sp³-hybridized carbons (Fsp3) is 0.0556. The molecular weight excluding hydrogens is 294 g/mol. The van der Waals surface area contributed by atoms with E-state index in [2.05, 4.69) is 39.7 Å². The van der Waals surface area contributed by atoms with Gasteiger partial charge in [0.25, 0.3) is 0 Å². The largest absolute Gasteiger partial charge is 0.353 e. The second-order valence-corrected chi connectivity index (χ2v) is 5.73. The molecule has 1 N–H and O–H groups in total. The molecule has 0 atom stereocenters. The third-order valence-electron chi connectivity index (χ3n) is 3.81. The molecule has 0 amide bonds. The third-order valence-corrected chi connectivity index (χ3v) is 4.05. The zero-order chi connectivity index (χ0) is 15.1. The number of hydrogen-bond donors (Lipinski definition) is 1. The molecule has 4 heteroatoms. The Kier molecular flexibility index (Phi) is 3.01. The molecule has 0 bridgehead atoms. The van der Waals surface area contributed by atoms with E-state index in [9.17, 15) is 0 Å². The summed E-state index contributed by atoms with van der Waals surface area (Å²) in [6.45, 7) is 2.08. The second kappa shape index (κ2) is 5.04. The SMILES string of the molecule is Cc1ccc(-c2cc3cc(Cl)ccc3[nH]2)n1-c1ccccn1. The molecule has 3 aromatic heterocycles. The fourth-order valence-electron chi connectivity index (χ4n) is 2.78. The number of nitrogens with one attached hydrogen (secondary N) is 1. The standard InChI is InChI=1S/C18H14ClN3/c1-12-5-8-17(22(12)18-4-2-3-9-20-18)16-11-13-10-14(19)6-7-15(13)21-16/h2-11,21H,1H3. The summed E-state index contributed by atoms with van der Waals surface area (Å²) < 4.78 is 2.15. The van der Waals surface area contributed by atoms with Crippen LogP contribution in [0.25, 0.3) is 28.1 Å². The number of benzene rings is 1. The Morgan fingerprint density at radius 1 is 1.05 bits per heavy atom. The van der Waals surface area contributed by atoms with Crippen molar-refractivity contribution in [2.75, 3.05) is 0 Å². The summed E-state index contributed by atoms with van der Waals surface area (Å²) in [6.07, 6.45) is 1.81. The van der Waals surface area contributed by atoms with Gasteiger partial charge in [-0.1, -0.05) is 17.7 Å². The Bertz CT molecular complexity index is 951. The Morgan fingerprint density at radius 3 is 2.77 bits per heavy atom. The maximum absolute atomic E-state index is 6.08. The maximum atomic E-state index is 6.08. The molecule has 0 aliphatic carbocycles. The Labute approximate surface area is 133 Å². The lowest BCUT2D eigenvalue weighted by atomic mass is 10.2. The van der Waals surface area contributed by atoms with Gasteiger partial charge in [0.15, 0.2) is 0 Å². The molecule has 1 aromatic carbocycles. The summed E-state index contributed by atoms with van der Waals surface area (Å²) in [4.78, 5) is 7.92. The quantitative estimate of drug-likeness (QED) is 0.556. The van der Waals surface area contributed by atoms with E-state index in [-0.39, 0.29) is 0 Å². The minimum absolute atomic E-state index is 0.745. The van der Waals surface area contributed by atoms with E-state index in [0.717, 1.165) is 38.8 Å². The normalized spacial score (nSPS) is 11.2. The number of H-pyrrole nitrogens is 1. The third kappa shape index (κ3) is 2.11. The summed E-state index contributed by atoms with van der Waals surface area (Å²) in [5, 5.41) is 1.85. The highest BCUT2D eigenvalue weighted by Gasteiger charge is 2.12. The predicted molar refractivity (Wildman–Crippen MR) is 90.6 cm³/mol. The summed E-state index contributed by atoms with van der Waals surface area (Å²) in [5.41, 5.74) is 4.36. The zero-order valence-electron chi connectivity index (χ0n) is 12.0. The average molecular weight is 308 g/mol. The van der Waals surface area contributed by atoms with Crippen LogP contribution in [0.1, 0.15) is 5.69 Å². The van der Waals surface area contributed by atoms with Gasteiger partial charge in [0.1, 0.15) is 5.82 Å². The Balaban J connectivity index is 1.92. The number of aryl methyl sites for hydroxylation is 1. The smallest absolute Gasteiger partial charge is 0.137 e. The zero-order valence-corrected chi connectivity index (χ0v) is 12.8. The molecule has 0 aliphatic rings. The van der Waals surface area contributed by atoms with E-state index < -0.39 is 0 Å². The first-order valence-corrected chi connectivity index (χ1v) is 7.48. The van der Waals surface area contributed by atoms with Gasteiger partial charge in [-0.05, 0) is 55.5 Å². The fourth-order valence-corrected chi connectivity index (χ4v) is 2.96. The number of halogens is 1.